The zero-order chi connectivity index (χ0) is 22.9. The fourth-order valence-electron chi connectivity index (χ4n) is 4.76. The molecule has 2 aromatic rings. The molecule has 9 heteroatoms. The topological polar surface area (TPSA) is 78.5 Å². The highest BCUT2D eigenvalue weighted by Crippen LogP contribution is 2.40. The molecule has 1 fully saturated rings. The van der Waals surface area contributed by atoms with E-state index >= 15 is 0 Å². The van der Waals surface area contributed by atoms with E-state index in [1.165, 1.54) is 18.2 Å². The summed E-state index contributed by atoms with van der Waals surface area (Å²) in [6.07, 6.45) is 4.39. The third-order valence-corrected chi connectivity index (χ3v) is 6.93. The Hall–Kier alpha value is -2.52. The number of benzene rings is 2. The Morgan fingerprint density at radius 1 is 1.03 bits per heavy atom. The Kier molecular flexibility index (Phi) is 6.48. The Bertz CT molecular complexity index is 1100. The molecule has 0 spiro atoms. The summed E-state index contributed by atoms with van der Waals surface area (Å²) in [6.45, 7) is 0.957. The van der Waals surface area contributed by atoms with Gasteiger partial charge in [-0.25, -0.2) is 26.7 Å². The smallest absolute Gasteiger partial charge is 0.317 e. The summed E-state index contributed by atoms with van der Waals surface area (Å²) in [5.74, 6) is -1.26. The van der Waals surface area contributed by atoms with Gasteiger partial charge >= 0.3 is 6.03 Å². The molecule has 1 aliphatic heterocycles. The summed E-state index contributed by atoms with van der Waals surface area (Å²) in [5.41, 5.74) is 2.13. The SMILES string of the molecule is CS(=O)(=O)N[C@H]1CCCN(C(=O)NC2CCc3cccc(-c4c(F)cccc4F)c32)CC1. The van der Waals surface area contributed by atoms with Crippen molar-refractivity contribution in [3.8, 4) is 11.1 Å². The highest BCUT2D eigenvalue weighted by molar-refractivity contribution is 7.88. The van der Waals surface area contributed by atoms with Crippen molar-refractivity contribution in [3.63, 3.8) is 0 Å². The summed E-state index contributed by atoms with van der Waals surface area (Å²) in [5, 5.41) is 3.05. The second kappa shape index (κ2) is 9.15. The second-order valence-corrected chi connectivity index (χ2v) is 10.3. The van der Waals surface area contributed by atoms with Crippen molar-refractivity contribution < 1.29 is 22.0 Å². The normalized spacial score (nSPS) is 21.2. The minimum atomic E-state index is -3.30. The third kappa shape index (κ3) is 4.94. The molecule has 2 aromatic carbocycles. The van der Waals surface area contributed by atoms with Gasteiger partial charge in [0.2, 0.25) is 10.0 Å². The first-order valence-electron chi connectivity index (χ1n) is 10.8. The second-order valence-electron chi connectivity index (χ2n) is 8.52. The Morgan fingerprint density at radius 3 is 2.47 bits per heavy atom. The van der Waals surface area contributed by atoms with Crippen LogP contribution in [0.15, 0.2) is 36.4 Å². The number of sulfonamides is 1. The van der Waals surface area contributed by atoms with Gasteiger partial charge in [0.25, 0.3) is 0 Å². The maximum atomic E-state index is 14.5. The lowest BCUT2D eigenvalue weighted by Gasteiger charge is -2.25. The minimum absolute atomic E-state index is 0.0741. The van der Waals surface area contributed by atoms with Crippen molar-refractivity contribution >= 4 is 16.1 Å². The summed E-state index contributed by atoms with van der Waals surface area (Å²) in [7, 11) is -3.30. The number of urea groups is 1. The minimum Gasteiger partial charge on any atom is -0.331 e. The molecule has 1 unspecified atom stereocenters. The number of amides is 2. The monoisotopic (exact) mass is 463 g/mol. The van der Waals surface area contributed by atoms with Gasteiger partial charge in [-0.1, -0.05) is 24.3 Å². The maximum absolute atomic E-state index is 14.5. The van der Waals surface area contributed by atoms with Crippen LogP contribution in [-0.4, -0.2) is 44.7 Å². The molecule has 1 saturated heterocycles. The van der Waals surface area contributed by atoms with Crippen LogP contribution >= 0.6 is 0 Å². The van der Waals surface area contributed by atoms with Crippen molar-refractivity contribution in [1.82, 2.24) is 14.9 Å². The molecule has 0 radical (unpaired) electrons. The number of hydrogen-bond donors (Lipinski definition) is 2. The molecular formula is C23H27F2N3O3S. The first kappa shape index (κ1) is 22.7. The number of hydrogen-bond acceptors (Lipinski definition) is 3. The number of carbonyl (C=O) groups excluding carboxylic acids is 1. The van der Waals surface area contributed by atoms with Crippen LogP contribution in [0.3, 0.4) is 0 Å². The van der Waals surface area contributed by atoms with Gasteiger partial charge in [-0.05, 0) is 60.9 Å². The molecule has 172 valence electrons. The molecule has 0 saturated carbocycles. The van der Waals surface area contributed by atoms with Crippen molar-refractivity contribution in [2.45, 2.75) is 44.2 Å². The first-order chi connectivity index (χ1) is 15.2. The van der Waals surface area contributed by atoms with Crippen LogP contribution in [0, 0.1) is 11.6 Å². The maximum Gasteiger partial charge on any atom is 0.317 e. The van der Waals surface area contributed by atoms with Gasteiger partial charge in [0.05, 0.1) is 17.9 Å². The molecule has 2 aliphatic rings. The van der Waals surface area contributed by atoms with Gasteiger partial charge in [-0.15, -0.1) is 0 Å². The number of nitrogens with zero attached hydrogens (tertiary/aromatic N) is 1. The number of carbonyl (C=O) groups is 1. The van der Waals surface area contributed by atoms with Gasteiger partial charge in [0, 0.05) is 19.1 Å². The van der Waals surface area contributed by atoms with Gasteiger partial charge in [0.1, 0.15) is 11.6 Å². The van der Waals surface area contributed by atoms with E-state index in [0.717, 1.165) is 17.4 Å². The highest BCUT2D eigenvalue weighted by atomic mass is 32.2. The summed E-state index contributed by atoms with van der Waals surface area (Å²) in [4.78, 5) is 14.7. The number of aryl methyl sites for hydroxylation is 1. The summed E-state index contributed by atoms with van der Waals surface area (Å²) >= 11 is 0. The largest absolute Gasteiger partial charge is 0.331 e. The summed E-state index contributed by atoms with van der Waals surface area (Å²) < 4.78 is 54.6. The van der Waals surface area contributed by atoms with Crippen LogP contribution in [0.1, 0.15) is 42.9 Å². The van der Waals surface area contributed by atoms with E-state index in [1.54, 1.807) is 17.0 Å². The molecule has 4 rings (SSSR count). The first-order valence-corrected chi connectivity index (χ1v) is 12.7. The molecule has 0 aromatic heterocycles. The van der Waals surface area contributed by atoms with Crippen LogP contribution in [0.2, 0.25) is 0 Å². The highest BCUT2D eigenvalue weighted by Gasteiger charge is 2.31. The molecule has 0 bridgehead atoms. The van der Waals surface area contributed by atoms with Crippen molar-refractivity contribution in [2.24, 2.45) is 0 Å². The molecule has 2 N–H and O–H groups in total. The zero-order valence-electron chi connectivity index (χ0n) is 17.9. The van der Waals surface area contributed by atoms with E-state index in [1.807, 2.05) is 6.07 Å². The average Bonchev–Trinajstić information content (AvgIpc) is 2.98. The van der Waals surface area contributed by atoms with Gasteiger partial charge in [-0.2, -0.15) is 0 Å². The lowest BCUT2D eigenvalue weighted by Crippen LogP contribution is -2.42. The number of likely N-dealkylation sites (tertiary alicyclic amines) is 1. The predicted molar refractivity (Wildman–Crippen MR) is 119 cm³/mol. The fourth-order valence-corrected chi connectivity index (χ4v) is 5.61. The quantitative estimate of drug-likeness (QED) is 0.725. The van der Waals surface area contributed by atoms with Gasteiger partial charge in [-0.3, -0.25) is 0 Å². The van der Waals surface area contributed by atoms with E-state index < -0.39 is 21.7 Å². The van der Waals surface area contributed by atoms with Crippen molar-refractivity contribution in [3.05, 3.63) is 59.2 Å². The zero-order valence-corrected chi connectivity index (χ0v) is 18.7. The molecular weight excluding hydrogens is 436 g/mol. The number of halogens is 2. The van der Waals surface area contributed by atoms with Crippen LogP contribution in [0.25, 0.3) is 11.1 Å². The van der Waals surface area contributed by atoms with Crippen LogP contribution < -0.4 is 10.0 Å². The van der Waals surface area contributed by atoms with Gasteiger partial charge < -0.3 is 10.2 Å². The molecule has 1 heterocycles. The molecule has 2 atom stereocenters. The Labute approximate surface area is 187 Å². The van der Waals surface area contributed by atoms with E-state index in [-0.39, 0.29) is 23.7 Å². The molecule has 6 nitrogen and oxygen atoms in total. The van der Waals surface area contributed by atoms with E-state index in [0.29, 0.717) is 50.8 Å². The molecule has 32 heavy (non-hydrogen) atoms. The van der Waals surface area contributed by atoms with Crippen molar-refractivity contribution in [2.75, 3.05) is 19.3 Å². The van der Waals surface area contributed by atoms with E-state index in [4.69, 9.17) is 0 Å². The lowest BCUT2D eigenvalue weighted by atomic mass is 9.94. The number of fused-ring (bicyclic) bond motifs is 1. The third-order valence-electron chi connectivity index (χ3n) is 6.17. The van der Waals surface area contributed by atoms with Crippen molar-refractivity contribution in [1.29, 1.82) is 0 Å². The lowest BCUT2D eigenvalue weighted by molar-refractivity contribution is 0.195. The fraction of sp³-hybridized carbons (Fsp3) is 0.435. The average molecular weight is 464 g/mol. The van der Waals surface area contributed by atoms with E-state index in [2.05, 4.69) is 10.0 Å². The molecule has 1 aliphatic carbocycles. The number of rotatable bonds is 4. The Morgan fingerprint density at radius 2 is 1.75 bits per heavy atom. The predicted octanol–water partition coefficient (Wildman–Crippen LogP) is 3.73. The van der Waals surface area contributed by atoms with Gasteiger partial charge in [0.15, 0.2) is 0 Å². The van der Waals surface area contributed by atoms with E-state index in [9.17, 15) is 22.0 Å². The Balaban J connectivity index is 1.52. The number of nitrogens with one attached hydrogen (secondary N) is 2. The standard InChI is InChI=1S/C23H27F2N3O3S/c1-32(30,31)27-16-6-4-13-28(14-12-16)23(29)26-20-11-10-15-5-2-7-17(21(15)20)22-18(24)8-3-9-19(22)25/h2-3,5,7-9,16,20,27H,4,6,10-14H2,1H3,(H,26,29)/t16-,20?/m0/s1. The van der Waals surface area contributed by atoms with Crippen LogP contribution in [-0.2, 0) is 16.4 Å². The van der Waals surface area contributed by atoms with Crippen LogP contribution in [0.5, 0.6) is 0 Å². The molecule has 2 amide bonds. The van der Waals surface area contributed by atoms with Crippen LogP contribution in [0.4, 0.5) is 13.6 Å². The summed E-state index contributed by atoms with van der Waals surface area (Å²) in [6, 6.07) is 8.43.